The number of carbonyl (C=O) groups excluding carboxylic acids is 1. The molecule has 0 spiro atoms. The van der Waals surface area contributed by atoms with Crippen LogP contribution in [0.3, 0.4) is 0 Å². The van der Waals surface area contributed by atoms with E-state index in [4.69, 9.17) is 9.47 Å². The number of ether oxygens (including phenoxy) is 2. The van der Waals surface area contributed by atoms with E-state index in [1.807, 2.05) is 24.3 Å². The van der Waals surface area contributed by atoms with Gasteiger partial charge in [-0.15, -0.1) is 0 Å². The Hall–Kier alpha value is -2.36. The molecule has 0 atom stereocenters. The van der Waals surface area contributed by atoms with Gasteiger partial charge in [-0.3, -0.25) is 4.98 Å². The molecule has 1 heterocycles. The normalized spacial score (nSPS) is 10.0. The lowest BCUT2D eigenvalue weighted by molar-refractivity contribution is 0.0526. The van der Waals surface area contributed by atoms with Gasteiger partial charge in [-0.05, 0) is 43.3 Å². The van der Waals surface area contributed by atoms with Gasteiger partial charge in [0, 0.05) is 11.8 Å². The Morgan fingerprint density at radius 3 is 2.58 bits per heavy atom. The molecular formula is C15H15NO3. The van der Waals surface area contributed by atoms with Gasteiger partial charge in [0.05, 0.1) is 25.0 Å². The Morgan fingerprint density at radius 2 is 1.95 bits per heavy atom. The van der Waals surface area contributed by atoms with E-state index in [1.165, 1.54) is 0 Å². The molecule has 0 N–H and O–H groups in total. The second-order valence-electron chi connectivity index (χ2n) is 3.88. The molecule has 1 aromatic heterocycles. The van der Waals surface area contributed by atoms with Gasteiger partial charge in [-0.25, -0.2) is 4.79 Å². The van der Waals surface area contributed by atoms with Crippen LogP contribution < -0.4 is 4.74 Å². The molecule has 98 valence electrons. The van der Waals surface area contributed by atoms with Gasteiger partial charge in [0.2, 0.25) is 0 Å². The number of carbonyl (C=O) groups is 1. The van der Waals surface area contributed by atoms with Gasteiger partial charge in [-0.1, -0.05) is 0 Å². The van der Waals surface area contributed by atoms with Crippen molar-refractivity contribution in [1.82, 2.24) is 4.98 Å². The average molecular weight is 257 g/mol. The molecule has 0 fully saturated rings. The van der Waals surface area contributed by atoms with E-state index < -0.39 is 0 Å². The third-order valence-corrected chi connectivity index (χ3v) is 2.66. The third-order valence-electron chi connectivity index (χ3n) is 2.66. The molecular weight excluding hydrogens is 242 g/mol. The molecule has 0 aliphatic heterocycles. The van der Waals surface area contributed by atoms with Crippen molar-refractivity contribution < 1.29 is 14.3 Å². The average Bonchev–Trinajstić information content (AvgIpc) is 2.48. The quantitative estimate of drug-likeness (QED) is 0.790. The molecule has 0 saturated carbocycles. The van der Waals surface area contributed by atoms with Crippen molar-refractivity contribution in [2.45, 2.75) is 6.92 Å². The van der Waals surface area contributed by atoms with E-state index in [1.54, 1.807) is 32.4 Å². The maximum Gasteiger partial charge on any atom is 0.338 e. The van der Waals surface area contributed by atoms with E-state index in [9.17, 15) is 4.79 Å². The minimum atomic E-state index is -0.334. The summed E-state index contributed by atoms with van der Waals surface area (Å²) in [6, 6.07) is 10.9. The number of hydrogen-bond donors (Lipinski definition) is 0. The summed E-state index contributed by atoms with van der Waals surface area (Å²) >= 11 is 0. The molecule has 0 amide bonds. The Balaban J connectivity index is 2.29. The molecule has 0 bridgehead atoms. The number of esters is 1. The van der Waals surface area contributed by atoms with Crippen LogP contribution in [0.15, 0.2) is 42.6 Å². The highest BCUT2D eigenvalue weighted by Gasteiger charge is 2.08. The Labute approximate surface area is 112 Å². The Kier molecular flexibility index (Phi) is 4.13. The van der Waals surface area contributed by atoms with Crippen LogP contribution in [0.25, 0.3) is 11.3 Å². The fourth-order valence-corrected chi connectivity index (χ4v) is 1.69. The zero-order valence-corrected chi connectivity index (χ0v) is 10.9. The second kappa shape index (κ2) is 6.00. The molecule has 2 rings (SSSR count). The highest BCUT2D eigenvalue weighted by molar-refractivity contribution is 5.90. The number of nitrogens with zero attached hydrogens (tertiary/aromatic N) is 1. The highest BCUT2D eigenvalue weighted by atomic mass is 16.5. The first-order valence-corrected chi connectivity index (χ1v) is 6.02. The van der Waals surface area contributed by atoms with Crippen LogP contribution >= 0.6 is 0 Å². The van der Waals surface area contributed by atoms with Crippen molar-refractivity contribution in [3.63, 3.8) is 0 Å². The van der Waals surface area contributed by atoms with Gasteiger partial charge in [-0.2, -0.15) is 0 Å². The van der Waals surface area contributed by atoms with Crippen LogP contribution in [0.5, 0.6) is 5.75 Å². The van der Waals surface area contributed by atoms with Crippen LogP contribution in [0, 0.1) is 0 Å². The zero-order valence-electron chi connectivity index (χ0n) is 10.9. The van der Waals surface area contributed by atoms with E-state index in [-0.39, 0.29) is 5.97 Å². The predicted octanol–water partition coefficient (Wildman–Crippen LogP) is 2.93. The van der Waals surface area contributed by atoms with Crippen molar-refractivity contribution in [2.75, 3.05) is 13.7 Å². The number of rotatable bonds is 4. The smallest absolute Gasteiger partial charge is 0.338 e. The molecule has 1 aromatic carbocycles. The predicted molar refractivity (Wildman–Crippen MR) is 72.2 cm³/mol. The van der Waals surface area contributed by atoms with Crippen LogP contribution in [0.2, 0.25) is 0 Å². The first-order chi connectivity index (χ1) is 9.24. The van der Waals surface area contributed by atoms with Gasteiger partial charge < -0.3 is 9.47 Å². The first kappa shape index (κ1) is 13.1. The lowest BCUT2D eigenvalue weighted by atomic mass is 10.1. The van der Waals surface area contributed by atoms with Crippen molar-refractivity contribution >= 4 is 5.97 Å². The summed E-state index contributed by atoms with van der Waals surface area (Å²) < 4.78 is 10.1. The summed E-state index contributed by atoms with van der Waals surface area (Å²) in [5, 5.41) is 0. The van der Waals surface area contributed by atoms with Crippen molar-refractivity contribution in [3.8, 4) is 17.0 Å². The highest BCUT2D eigenvalue weighted by Crippen LogP contribution is 2.21. The number of benzene rings is 1. The Morgan fingerprint density at radius 1 is 1.21 bits per heavy atom. The van der Waals surface area contributed by atoms with Crippen LogP contribution in [0.1, 0.15) is 17.3 Å². The summed E-state index contributed by atoms with van der Waals surface area (Å²) in [4.78, 5) is 15.9. The SMILES string of the molecule is CCOC(=O)c1ccnc(-c2ccc(OC)cc2)c1. The molecule has 0 aliphatic carbocycles. The van der Waals surface area contributed by atoms with Gasteiger partial charge in [0.25, 0.3) is 0 Å². The summed E-state index contributed by atoms with van der Waals surface area (Å²) in [7, 11) is 1.62. The van der Waals surface area contributed by atoms with Crippen molar-refractivity contribution in [2.24, 2.45) is 0 Å². The summed E-state index contributed by atoms with van der Waals surface area (Å²) in [6.07, 6.45) is 1.60. The largest absolute Gasteiger partial charge is 0.497 e. The number of pyridine rings is 1. The molecule has 19 heavy (non-hydrogen) atoms. The van der Waals surface area contributed by atoms with Crippen molar-refractivity contribution in [1.29, 1.82) is 0 Å². The molecule has 2 aromatic rings. The van der Waals surface area contributed by atoms with Crippen LogP contribution in [-0.2, 0) is 4.74 Å². The van der Waals surface area contributed by atoms with E-state index in [0.29, 0.717) is 12.2 Å². The topological polar surface area (TPSA) is 48.4 Å². The van der Waals surface area contributed by atoms with Crippen molar-refractivity contribution in [3.05, 3.63) is 48.2 Å². The molecule has 4 nitrogen and oxygen atoms in total. The van der Waals surface area contributed by atoms with Gasteiger partial charge in [0.1, 0.15) is 5.75 Å². The molecule has 0 saturated heterocycles. The van der Waals surface area contributed by atoms with Crippen LogP contribution in [0.4, 0.5) is 0 Å². The fourth-order valence-electron chi connectivity index (χ4n) is 1.69. The third kappa shape index (κ3) is 3.10. The van der Waals surface area contributed by atoms with Gasteiger partial charge >= 0.3 is 5.97 Å². The van der Waals surface area contributed by atoms with Crippen LogP contribution in [-0.4, -0.2) is 24.7 Å². The molecule has 0 aliphatic rings. The summed E-state index contributed by atoms with van der Waals surface area (Å²) in [5.41, 5.74) is 2.16. The minimum Gasteiger partial charge on any atom is -0.497 e. The Bertz CT molecular complexity index is 564. The maximum atomic E-state index is 11.7. The van der Waals surface area contributed by atoms with E-state index >= 15 is 0 Å². The lowest BCUT2D eigenvalue weighted by Gasteiger charge is -2.05. The number of aromatic nitrogens is 1. The lowest BCUT2D eigenvalue weighted by Crippen LogP contribution is -2.04. The summed E-state index contributed by atoms with van der Waals surface area (Å²) in [5.74, 6) is 0.449. The first-order valence-electron chi connectivity index (χ1n) is 6.02. The minimum absolute atomic E-state index is 0.334. The molecule has 0 unspecified atom stereocenters. The maximum absolute atomic E-state index is 11.7. The van der Waals surface area contributed by atoms with E-state index in [2.05, 4.69) is 4.98 Å². The fraction of sp³-hybridized carbons (Fsp3) is 0.200. The number of methoxy groups -OCH3 is 1. The zero-order chi connectivity index (χ0) is 13.7. The summed E-state index contributed by atoms with van der Waals surface area (Å²) in [6.45, 7) is 2.14. The second-order valence-corrected chi connectivity index (χ2v) is 3.88. The molecule has 0 radical (unpaired) electrons. The standard InChI is InChI=1S/C15H15NO3/c1-3-19-15(17)12-8-9-16-14(10-12)11-4-6-13(18-2)7-5-11/h4-10H,3H2,1-2H3. The van der Waals surface area contributed by atoms with E-state index in [0.717, 1.165) is 17.0 Å². The number of hydrogen-bond acceptors (Lipinski definition) is 4. The van der Waals surface area contributed by atoms with Gasteiger partial charge in [0.15, 0.2) is 0 Å². The monoisotopic (exact) mass is 257 g/mol. The molecule has 4 heteroatoms.